The normalized spacial score (nSPS) is 18.6. The van der Waals surface area contributed by atoms with Gasteiger partial charge in [-0.15, -0.1) is 0 Å². The van der Waals surface area contributed by atoms with Gasteiger partial charge in [-0.1, -0.05) is 47.5 Å². The van der Waals surface area contributed by atoms with E-state index in [0.717, 1.165) is 17.8 Å². The smallest absolute Gasteiger partial charge is 0.416 e. The molecule has 1 unspecified atom stereocenters. The van der Waals surface area contributed by atoms with Gasteiger partial charge in [0.05, 0.1) is 34.2 Å². The van der Waals surface area contributed by atoms with Crippen molar-refractivity contribution in [2.45, 2.75) is 18.4 Å². The van der Waals surface area contributed by atoms with Crippen LogP contribution in [0.1, 0.15) is 16.7 Å². The molecule has 1 atom stereocenters. The number of thiocarbonyl (C=S) groups is 1. The molecule has 0 saturated carbocycles. The van der Waals surface area contributed by atoms with Gasteiger partial charge in [-0.05, 0) is 54.2 Å². The number of rotatable bonds is 5. The fraction of sp³-hybridized carbons (Fsp3) is 0.115. The lowest BCUT2D eigenvalue weighted by Gasteiger charge is -2.34. The molecule has 0 bridgehead atoms. The summed E-state index contributed by atoms with van der Waals surface area (Å²) in [6.45, 7) is -0.0521. The van der Waals surface area contributed by atoms with E-state index in [1.165, 1.54) is 29.2 Å². The molecule has 1 aliphatic heterocycles. The van der Waals surface area contributed by atoms with E-state index in [2.05, 4.69) is 15.3 Å². The molecule has 0 spiro atoms. The van der Waals surface area contributed by atoms with Crippen LogP contribution in [0.2, 0.25) is 10.0 Å². The highest BCUT2D eigenvalue weighted by Crippen LogP contribution is 2.42. The van der Waals surface area contributed by atoms with Crippen LogP contribution in [0.3, 0.4) is 0 Å². The number of halogens is 5. The van der Waals surface area contributed by atoms with Crippen LogP contribution < -0.4 is 10.2 Å². The average molecular weight is 592 g/mol. The number of alkyl halides is 3. The Morgan fingerprint density at radius 3 is 2.21 bits per heavy atom. The van der Waals surface area contributed by atoms with Crippen molar-refractivity contribution in [3.8, 4) is 11.4 Å². The largest absolute Gasteiger partial charge is 0.505 e. The maximum atomic E-state index is 13.0. The van der Waals surface area contributed by atoms with Gasteiger partial charge in [0.15, 0.2) is 16.7 Å². The monoisotopic (exact) mass is 591 g/mol. The number of nitrogens with zero attached hydrogens (tertiary/aromatic N) is 4. The first-order valence-corrected chi connectivity index (χ1v) is 12.5. The first kappa shape index (κ1) is 26.9. The second-order valence-electron chi connectivity index (χ2n) is 8.57. The lowest BCUT2D eigenvalue weighted by Crippen LogP contribution is -2.47. The van der Waals surface area contributed by atoms with E-state index in [9.17, 15) is 23.4 Å². The molecular weight excluding hydrogens is 574 g/mol. The number of hydrogen-bond donors (Lipinski definition) is 3. The second kappa shape index (κ2) is 10.2. The molecule has 1 aliphatic rings. The van der Waals surface area contributed by atoms with Crippen LogP contribution in [-0.2, 0) is 18.4 Å². The summed E-state index contributed by atoms with van der Waals surface area (Å²) in [4.78, 5) is 9.87. The van der Waals surface area contributed by atoms with Crippen LogP contribution in [0.5, 0.6) is 5.75 Å². The maximum absolute atomic E-state index is 13.0. The molecular formula is C26H18Cl2F3N5O2S. The van der Waals surface area contributed by atoms with Crippen molar-refractivity contribution < 1.29 is 23.4 Å². The molecule has 1 aromatic heterocycles. The molecule has 3 N–H and O–H groups in total. The van der Waals surface area contributed by atoms with E-state index < -0.39 is 17.5 Å². The van der Waals surface area contributed by atoms with Gasteiger partial charge in [-0.25, -0.2) is 4.98 Å². The second-order valence-corrected chi connectivity index (χ2v) is 9.77. The number of aliphatic imine (C=N–C) groups is 1. The topological polar surface area (TPSA) is 85.9 Å². The van der Waals surface area contributed by atoms with Crippen LogP contribution in [0.4, 0.5) is 18.9 Å². The summed E-state index contributed by atoms with van der Waals surface area (Å²) in [6, 6.07) is 14.2. The SMILES string of the molecule is Oc1c(Cl)cc(N2C(=S)NC(=NCc3ccc(C(F)(F)F)cc3)C2(O)c2ccc(-n3ccnc3)cc2)cc1Cl. The zero-order valence-electron chi connectivity index (χ0n) is 19.7. The summed E-state index contributed by atoms with van der Waals surface area (Å²) in [7, 11) is 0. The minimum atomic E-state index is -4.46. The van der Waals surface area contributed by atoms with E-state index in [1.54, 1.807) is 47.6 Å². The third-order valence-electron chi connectivity index (χ3n) is 6.12. The molecule has 1 saturated heterocycles. The molecule has 0 radical (unpaired) electrons. The van der Waals surface area contributed by atoms with E-state index in [1.807, 2.05) is 0 Å². The van der Waals surface area contributed by atoms with E-state index in [-0.39, 0.29) is 39.0 Å². The molecule has 0 amide bonds. The quantitative estimate of drug-likeness (QED) is 0.245. The van der Waals surface area contributed by atoms with Gasteiger partial charge in [-0.2, -0.15) is 13.2 Å². The van der Waals surface area contributed by atoms with Crippen molar-refractivity contribution in [3.05, 3.63) is 106 Å². The van der Waals surface area contributed by atoms with E-state index in [0.29, 0.717) is 11.1 Å². The van der Waals surface area contributed by atoms with Crippen LogP contribution in [0.25, 0.3) is 5.69 Å². The summed E-state index contributed by atoms with van der Waals surface area (Å²) in [5.74, 6) is -0.298. The zero-order chi connectivity index (χ0) is 27.9. The predicted octanol–water partition coefficient (Wildman–Crippen LogP) is 6.04. The number of hydrogen-bond acceptors (Lipinski definition) is 5. The highest BCUT2D eigenvalue weighted by Gasteiger charge is 2.50. The number of phenolic OH excluding ortho intramolecular Hbond substituents is 1. The fourth-order valence-electron chi connectivity index (χ4n) is 4.15. The van der Waals surface area contributed by atoms with Crippen molar-refractivity contribution in [1.29, 1.82) is 0 Å². The van der Waals surface area contributed by atoms with Crippen molar-refractivity contribution >= 4 is 52.1 Å². The van der Waals surface area contributed by atoms with Crippen LogP contribution in [0.15, 0.2) is 84.4 Å². The minimum Gasteiger partial charge on any atom is -0.505 e. The molecule has 0 aliphatic carbocycles. The molecule has 5 rings (SSSR count). The third-order valence-corrected chi connectivity index (χ3v) is 6.98. The average Bonchev–Trinajstić information content (AvgIpc) is 3.52. The van der Waals surface area contributed by atoms with Crippen molar-refractivity contribution in [1.82, 2.24) is 14.9 Å². The predicted molar refractivity (Wildman–Crippen MR) is 146 cm³/mol. The van der Waals surface area contributed by atoms with Crippen LogP contribution in [0, 0.1) is 0 Å². The number of aromatic hydroxyl groups is 1. The summed E-state index contributed by atoms with van der Waals surface area (Å²) in [6.07, 6.45) is 0.562. The highest BCUT2D eigenvalue weighted by molar-refractivity contribution is 7.80. The van der Waals surface area contributed by atoms with Gasteiger partial charge in [0.1, 0.15) is 0 Å². The van der Waals surface area contributed by atoms with Gasteiger partial charge >= 0.3 is 6.18 Å². The number of aliphatic hydroxyl groups is 1. The molecule has 200 valence electrons. The first-order chi connectivity index (χ1) is 18.5. The molecule has 4 aromatic rings. The van der Waals surface area contributed by atoms with Gasteiger partial charge in [-0.3, -0.25) is 9.89 Å². The molecule has 13 heteroatoms. The Labute approximate surface area is 235 Å². The van der Waals surface area contributed by atoms with Gasteiger partial charge in [0.2, 0.25) is 5.72 Å². The number of anilines is 1. The van der Waals surface area contributed by atoms with Crippen molar-refractivity contribution in [2.24, 2.45) is 4.99 Å². The lowest BCUT2D eigenvalue weighted by molar-refractivity contribution is -0.137. The Morgan fingerprint density at radius 1 is 1.00 bits per heavy atom. The van der Waals surface area contributed by atoms with Crippen molar-refractivity contribution in [2.75, 3.05) is 4.90 Å². The standard InChI is InChI=1S/C26H18Cl2F3N5O2S/c27-20-11-19(12-21(28)22(20)37)36-24(39)34-23(33-13-15-1-3-17(4-2-15)26(29,30)31)25(36,38)16-5-7-18(8-6-16)35-10-9-32-14-35/h1-12,14,37-38H,13H2,(H,33,34,39). The summed E-state index contributed by atoms with van der Waals surface area (Å²) in [5.41, 5.74) is -0.874. The number of imidazole rings is 1. The minimum absolute atomic E-state index is 0.0306. The Kier molecular flexibility index (Phi) is 7.02. The Balaban J connectivity index is 1.57. The number of amidine groups is 1. The number of phenols is 1. The number of nitrogens with one attached hydrogen (secondary N) is 1. The number of aromatic nitrogens is 2. The van der Waals surface area contributed by atoms with Gasteiger partial charge in [0.25, 0.3) is 0 Å². The lowest BCUT2D eigenvalue weighted by atomic mass is 9.99. The van der Waals surface area contributed by atoms with E-state index in [4.69, 9.17) is 35.4 Å². The summed E-state index contributed by atoms with van der Waals surface area (Å²) in [5, 5.41) is 25.1. The molecule has 3 aromatic carbocycles. The van der Waals surface area contributed by atoms with Crippen LogP contribution in [-0.4, -0.2) is 30.7 Å². The zero-order valence-corrected chi connectivity index (χ0v) is 22.0. The molecule has 7 nitrogen and oxygen atoms in total. The maximum Gasteiger partial charge on any atom is 0.416 e. The van der Waals surface area contributed by atoms with Gasteiger partial charge in [0, 0.05) is 23.6 Å². The fourth-order valence-corrected chi connectivity index (χ4v) is 4.96. The third kappa shape index (κ3) is 5.06. The highest BCUT2D eigenvalue weighted by atomic mass is 35.5. The Bertz CT molecular complexity index is 1540. The van der Waals surface area contributed by atoms with E-state index >= 15 is 0 Å². The first-order valence-electron chi connectivity index (χ1n) is 11.3. The summed E-state index contributed by atoms with van der Waals surface area (Å²) < 4.78 is 40.7. The molecule has 39 heavy (non-hydrogen) atoms. The van der Waals surface area contributed by atoms with Gasteiger partial charge < -0.3 is 20.1 Å². The van der Waals surface area contributed by atoms with Crippen molar-refractivity contribution in [3.63, 3.8) is 0 Å². The Morgan fingerprint density at radius 2 is 1.64 bits per heavy atom. The Hall–Kier alpha value is -3.64. The molecule has 1 fully saturated rings. The number of benzene rings is 3. The summed E-state index contributed by atoms with van der Waals surface area (Å²) >= 11 is 17.9. The molecule has 2 heterocycles. The van der Waals surface area contributed by atoms with Crippen LogP contribution >= 0.6 is 35.4 Å².